The zero-order valence-electron chi connectivity index (χ0n) is 13.0. The predicted octanol–water partition coefficient (Wildman–Crippen LogP) is 0.274. The van der Waals surface area contributed by atoms with Crippen LogP contribution in [0.3, 0.4) is 0 Å². The number of likely N-dealkylation sites (N-methyl/N-ethyl adjacent to an activating group) is 1. The van der Waals surface area contributed by atoms with E-state index in [0.29, 0.717) is 19.5 Å². The Morgan fingerprint density at radius 1 is 1.43 bits per heavy atom. The van der Waals surface area contributed by atoms with Crippen LogP contribution in [-0.4, -0.2) is 60.5 Å². The average molecular weight is 318 g/mol. The number of aryl methyl sites for hydroxylation is 1. The van der Waals surface area contributed by atoms with Gasteiger partial charge in [-0.1, -0.05) is 13.8 Å². The van der Waals surface area contributed by atoms with E-state index in [4.69, 9.17) is 5.11 Å². The fraction of sp³-hybridized carbons (Fsp3) is 0.769. The monoisotopic (exact) mass is 318 g/mol. The molecule has 2 N–H and O–H groups in total. The quantitative estimate of drug-likeness (QED) is 0.647. The zero-order chi connectivity index (χ0) is 15.9. The van der Waals surface area contributed by atoms with Gasteiger partial charge in [-0.15, -0.1) is 0 Å². The van der Waals surface area contributed by atoms with E-state index in [0.717, 1.165) is 13.1 Å². The van der Waals surface area contributed by atoms with E-state index in [9.17, 15) is 8.42 Å². The first-order chi connectivity index (χ1) is 9.92. The Morgan fingerprint density at radius 3 is 2.67 bits per heavy atom. The second-order valence-corrected chi connectivity index (χ2v) is 6.74. The van der Waals surface area contributed by atoms with Crippen LogP contribution in [0.15, 0.2) is 17.3 Å². The summed E-state index contributed by atoms with van der Waals surface area (Å²) in [7, 11) is -3.55. The van der Waals surface area contributed by atoms with Crippen LogP contribution in [0.25, 0.3) is 0 Å². The highest BCUT2D eigenvalue weighted by Crippen LogP contribution is 2.08. The molecule has 0 aliphatic heterocycles. The predicted molar refractivity (Wildman–Crippen MR) is 81.5 cm³/mol. The lowest BCUT2D eigenvalue weighted by Gasteiger charge is -2.23. The van der Waals surface area contributed by atoms with Gasteiger partial charge in [0.25, 0.3) is 0 Å². The lowest BCUT2D eigenvalue weighted by Crippen LogP contribution is -2.41. The molecule has 0 aliphatic carbocycles. The molecule has 1 atom stereocenters. The number of hydrogen-bond acceptors (Lipinski definition) is 5. The molecule has 0 fully saturated rings. The van der Waals surface area contributed by atoms with Crippen LogP contribution >= 0.6 is 0 Å². The molecule has 0 saturated carbocycles. The van der Waals surface area contributed by atoms with Crippen molar-refractivity contribution in [2.24, 2.45) is 0 Å². The van der Waals surface area contributed by atoms with Gasteiger partial charge in [-0.2, -0.15) is 5.10 Å². The number of sulfonamides is 1. The highest BCUT2D eigenvalue weighted by Gasteiger charge is 2.20. The zero-order valence-corrected chi connectivity index (χ0v) is 13.8. The van der Waals surface area contributed by atoms with Crippen molar-refractivity contribution in [3.8, 4) is 0 Å². The van der Waals surface area contributed by atoms with Crippen molar-refractivity contribution in [3.63, 3.8) is 0 Å². The first-order valence-corrected chi connectivity index (χ1v) is 8.79. The van der Waals surface area contributed by atoms with Crippen LogP contribution < -0.4 is 4.72 Å². The largest absolute Gasteiger partial charge is 0.396 e. The van der Waals surface area contributed by atoms with Gasteiger partial charge in [0.15, 0.2) is 0 Å². The number of aromatic nitrogens is 2. The fourth-order valence-electron chi connectivity index (χ4n) is 2.08. The average Bonchev–Trinajstić information content (AvgIpc) is 2.91. The van der Waals surface area contributed by atoms with E-state index in [1.165, 1.54) is 17.1 Å². The van der Waals surface area contributed by atoms with Crippen molar-refractivity contribution >= 4 is 10.0 Å². The molecular weight excluding hydrogens is 292 g/mol. The van der Waals surface area contributed by atoms with Crippen molar-refractivity contribution in [3.05, 3.63) is 12.4 Å². The van der Waals surface area contributed by atoms with Gasteiger partial charge in [0.2, 0.25) is 10.0 Å². The summed E-state index contributed by atoms with van der Waals surface area (Å²) < 4.78 is 28.7. The summed E-state index contributed by atoms with van der Waals surface area (Å²) in [5.74, 6) is 0. The van der Waals surface area contributed by atoms with Crippen molar-refractivity contribution in [1.82, 2.24) is 19.4 Å². The van der Waals surface area contributed by atoms with Crippen LogP contribution in [-0.2, 0) is 16.6 Å². The summed E-state index contributed by atoms with van der Waals surface area (Å²) in [6, 6.07) is -0.171. The van der Waals surface area contributed by atoms with Crippen molar-refractivity contribution in [1.29, 1.82) is 0 Å². The third-order valence-corrected chi connectivity index (χ3v) is 4.79. The molecule has 0 spiro atoms. The van der Waals surface area contributed by atoms with E-state index in [-0.39, 0.29) is 17.5 Å². The molecule has 1 unspecified atom stereocenters. The van der Waals surface area contributed by atoms with Crippen LogP contribution in [0.2, 0.25) is 0 Å². The Balaban J connectivity index is 2.65. The Labute approximate surface area is 127 Å². The number of aliphatic hydroxyl groups excluding tert-OH is 1. The maximum Gasteiger partial charge on any atom is 0.243 e. The van der Waals surface area contributed by atoms with Gasteiger partial charge in [-0.25, -0.2) is 13.1 Å². The Hall–Kier alpha value is -0.960. The molecule has 1 aromatic heterocycles. The molecule has 0 amide bonds. The van der Waals surface area contributed by atoms with Gasteiger partial charge < -0.3 is 10.0 Å². The van der Waals surface area contributed by atoms with Crippen molar-refractivity contribution in [2.75, 3.05) is 26.2 Å². The van der Waals surface area contributed by atoms with Gasteiger partial charge in [-0.05, 0) is 26.4 Å². The molecule has 1 aromatic rings. The smallest absolute Gasteiger partial charge is 0.243 e. The van der Waals surface area contributed by atoms with Gasteiger partial charge in [0.1, 0.15) is 4.90 Å². The van der Waals surface area contributed by atoms with Crippen molar-refractivity contribution < 1.29 is 13.5 Å². The minimum atomic E-state index is -3.55. The Kier molecular flexibility index (Phi) is 7.30. The minimum Gasteiger partial charge on any atom is -0.396 e. The molecule has 21 heavy (non-hydrogen) atoms. The van der Waals surface area contributed by atoms with Crippen molar-refractivity contribution in [2.45, 2.75) is 44.7 Å². The second-order valence-electron chi connectivity index (χ2n) is 5.02. The third kappa shape index (κ3) is 5.74. The molecule has 0 aromatic carbocycles. The van der Waals surface area contributed by atoms with Gasteiger partial charge in [0.05, 0.1) is 6.20 Å². The van der Waals surface area contributed by atoms with Gasteiger partial charge in [-0.3, -0.25) is 4.68 Å². The number of hydrogen-bond donors (Lipinski definition) is 2. The molecular formula is C13H26N4O3S. The molecule has 8 heteroatoms. The van der Waals surface area contributed by atoms with Crippen LogP contribution in [0.4, 0.5) is 0 Å². The van der Waals surface area contributed by atoms with Gasteiger partial charge >= 0.3 is 0 Å². The third-order valence-electron chi connectivity index (χ3n) is 3.25. The minimum absolute atomic E-state index is 0.0566. The molecule has 0 saturated heterocycles. The van der Waals surface area contributed by atoms with E-state index in [1.54, 1.807) is 0 Å². The summed E-state index contributed by atoms with van der Waals surface area (Å²) in [5, 5.41) is 12.8. The topological polar surface area (TPSA) is 87.5 Å². The molecule has 7 nitrogen and oxygen atoms in total. The molecule has 0 bridgehead atoms. The van der Waals surface area contributed by atoms with Crippen LogP contribution in [0.1, 0.15) is 27.2 Å². The number of nitrogens with zero attached hydrogens (tertiary/aromatic N) is 3. The maximum atomic E-state index is 12.3. The summed E-state index contributed by atoms with van der Waals surface area (Å²) in [6.07, 6.45) is 3.37. The maximum absolute atomic E-state index is 12.3. The standard InChI is InChI=1S/C13H26N4O3S/c1-4-16(5-2)10-12(3)15-21(19,20)13-9-14-17(11-13)7-6-8-18/h9,11-12,15,18H,4-8,10H2,1-3H3. The SMILES string of the molecule is CCN(CC)CC(C)NS(=O)(=O)c1cnn(CCCO)c1. The van der Waals surface area contributed by atoms with Crippen LogP contribution in [0.5, 0.6) is 0 Å². The highest BCUT2D eigenvalue weighted by atomic mass is 32.2. The van der Waals surface area contributed by atoms with E-state index < -0.39 is 10.0 Å². The highest BCUT2D eigenvalue weighted by molar-refractivity contribution is 7.89. The van der Waals surface area contributed by atoms with E-state index in [2.05, 4.69) is 28.6 Å². The number of rotatable bonds is 10. The molecule has 122 valence electrons. The Bertz CT molecular complexity index is 511. The lowest BCUT2D eigenvalue weighted by molar-refractivity contribution is 0.277. The second kappa shape index (κ2) is 8.47. The van der Waals surface area contributed by atoms with E-state index >= 15 is 0 Å². The molecule has 1 rings (SSSR count). The summed E-state index contributed by atoms with van der Waals surface area (Å²) in [6.45, 7) is 8.97. The Morgan fingerprint density at radius 2 is 2.10 bits per heavy atom. The number of aliphatic hydroxyl groups is 1. The number of nitrogens with one attached hydrogen (secondary N) is 1. The lowest BCUT2D eigenvalue weighted by atomic mass is 10.3. The molecule has 1 heterocycles. The first kappa shape index (κ1) is 18.1. The normalized spacial score (nSPS) is 13.8. The molecule has 0 radical (unpaired) electrons. The first-order valence-electron chi connectivity index (χ1n) is 7.30. The van der Waals surface area contributed by atoms with Crippen LogP contribution in [0, 0.1) is 0 Å². The summed E-state index contributed by atoms with van der Waals surface area (Å²) in [4.78, 5) is 2.32. The van der Waals surface area contributed by atoms with E-state index in [1.807, 2.05) is 6.92 Å². The fourth-order valence-corrected chi connectivity index (χ4v) is 3.26. The summed E-state index contributed by atoms with van der Waals surface area (Å²) >= 11 is 0. The molecule has 0 aliphatic rings. The van der Waals surface area contributed by atoms with Gasteiger partial charge in [0, 0.05) is 31.9 Å². The summed E-state index contributed by atoms with van der Waals surface area (Å²) in [5.41, 5.74) is 0.